The number of nitrogens with one attached hydrogen (secondary N) is 1. The summed E-state index contributed by atoms with van der Waals surface area (Å²) in [4.78, 5) is 19.4. The molecule has 0 aromatic carbocycles. The van der Waals surface area contributed by atoms with Crippen molar-refractivity contribution in [1.29, 1.82) is 0 Å². The molecule has 2 aromatic heterocycles. The maximum Gasteiger partial charge on any atom is 0.255 e. The van der Waals surface area contributed by atoms with Gasteiger partial charge in [0.15, 0.2) is 11.6 Å². The summed E-state index contributed by atoms with van der Waals surface area (Å²) in [5, 5.41) is 7.20. The Labute approximate surface area is 148 Å². The highest BCUT2D eigenvalue weighted by atomic mass is 16.5. The Morgan fingerprint density at radius 1 is 1.44 bits per heavy atom. The zero-order chi connectivity index (χ0) is 18.1. The van der Waals surface area contributed by atoms with Gasteiger partial charge in [0, 0.05) is 30.4 Å². The lowest BCUT2D eigenvalue weighted by molar-refractivity contribution is -0.0267. The summed E-state index contributed by atoms with van der Waals surface area (Å²) in [6.45, 7) is 12.7. The average Bonchev–Trinajstić information content (AvgIpc) is 3.19. The highest BCUT2D eigenvalue weighted by Crippen LogP contribution is 2.24. The van der Waals surface area contributed by atoms with Crippen LogP contribution in [-0.4, -0.2) is 50.3 Å². The zero-order valence-corrected chi connectivity index (χ0v) is 15.7. The molecule has 1 saturated heterocycles. The van der Waals surface area contributed by atoms with Gasteiger partial charge in [-0.15, -0.1) is 0 Å². The molecule has 1 aliphatic rings. The van der Waals surface area contributed by atoms with Crippen molar-refractivity contribution in [3.8, 4) is 0 Å². The van der Waals surface area contributed by atoms with Gasteiger partial charge in [-0.1, -0.05) is 13.8 Å². The van der Waals surface area contributed by atoms with Crippen molar-refractivity contribution in [2.45, 2.75) is 53.2 Å². The molecule has 0 radical (unpaired) electrons. The molecule has 1 aliphatic heterocycles. The largest absolute Gasteiger partial charge is 0.367 e. The lowest BCUT2D eigenvalue weighted by atomic mass is 10.1. The van der Waals surface area contributed by atoms with Gasteiger partial charge < -0.3 is 14.2 Å². The highest BCUT2D eigenvalue weighted by Gasteiger charge is 2.30. The number of morpholine rings is 1. The molecule has 2 aromatic rings. The molecule has 3 rings (SSSR count). The van der Waals surface area contributed by atoms with Crippen molar-refractivity contribution in [1.82, 2.24) is 24.6 Å². The van der Waals surface area contributed by atoms with Crippen LogP contribution in [0.15, 0.2) is 6.07 Å². The minimum atomic E-state index is -0.257. The number of aromatic nitrogens is 4. The number of H-pyrrole nitrogens is 1. The summed E-state index contributed by atoms with van der Waals surface area (Å²) in [7, 11) is 0. The Morgan fingerprint density at radius 3 is 2.80 bits per heavy atom. The summed E-state index contributed by atoms with van der Waals surface area (Å²) < 4.78 is 7.98. The lowest BCUT2D eigenvalue weighted by Crippen LogP contribution is -2.42. The number of rotatable bonds is 4. The van der Waals surface area contributed by atoms with Crippen molar-refractivity contribution >= 4 is 5.91 Å². The van der Waals surface area contributed by atoms with Gasteiger partial charge in [-0.3, -0.25) is 9.89 Å². The molecule has 0 spiro atoms. The van der Waals surface area contributed by atoms with Crippen LogP contribution >= 0.6 is 0 Å². The number of aryl methyl sites for hydroxylation is 1. The molecule has 7 nitrogen and oxygen atoms in total. The van der Waals surface area contributed by atoms with Crippen molar-refractivity contribution in [2.75, 3.05) is 19.7 Å². The van der Waals surface area contributed by atoms with Crippen molar-refractivity contribution in [3.63, 3.8) is 0 Å². The molecule has 3 heterocycles. The number of nitrogens with zero attached hydrogens (tertiary/aromatic N) is 4. The Morgan fingerprint density at radius 2 is 2.20 bits per heavy atom. The number of amides is 1. The Hall–Kier alpha value is -2.15. The predicted octanol–water partition coefficient (Wildman–Crippen LogP) is 2.58. The normalized spacial score (nSPS) is 18.2. The second-order valence-corrected chi connectivity index (χ2v) is 6.87. The number of carbonyl (C=O) groups is 1. The van der Waals surface area contributed by atoms with E-state index >= 15 is 0 Å². The minimum absolute atomic E-state index is 0.0599. The van der Waals surface area contributed by atoms with Gasteiger partial charge in [0.25, 0.3) is 5.91 Å². The molecule has 1 atom stereocenters. The van der Waals surface area contributed by atoms with E-state index in [9.17, 15) is 4.79 Å². The summed E-state index contributed by atoms with van der Waals surface area (Å²) in [5.74, 6) is 1.78. The predicted molar refractivity (Wildman–Crippen MR) is 94.6 cm³/mol. The first-order chi connectivity index (χ1) is 11.9. The second kappa shape index (κ2) is 7.00. The molecule has 25 heavy (non-hydrogen) atoms. The van der Waals surface area contributed by atoms with Crippen LogP contribution in [0.3, 0.4) is 0 Å². The quantitative estimate of drug-likeness (QED) is 0.924. The molecule has 0 aliphatic carbocycles. The van der Waals surface area contributed by atoms with E-state index in [4.69, 9.17) is 4.74 Å². The molecule has 0 saturated carbocycles. The number of hydrogen-bond acceptors (Lipinski definition) is 4. The van der Waals surface area contributed by atoms with Gasteiger partial charge in [0.2, 0.25) is 0 Å². The molecule has 1 amide bonds. The molecule has 0 unspecified atom stereocenters. The van der Waals surface area contributed by atoms with Crippen LogP contribution in [0.4, 0.5) is 0 Å². The van der Waals surface area contributed by atoms with Crippen LogP contribution < -0.4 is 0 Å². The third-order valence-electron chi connectivity index (χ3n) is 4.82. The number of aromatic amines is 1. The van der Waals surface area contributed by atoms with E-state index in [0.717, 1.165) is 29.3 Å². The number of ether oxygens (including phenoxy) is 1. The zero-order valence-electron chi connectivity index (χ0n) is 15.7. The molecular formula is C18H27N5O2. The molecule has 0 bridgehead atoms. The topological polar surface area (TPSA) is 76.0 Å². The van der Waals surface area contributed by atoms with Crippen LogP contribution in [0.25, 0.3) is 0 Å². The van der Waals surface area contributed by atoms with Crippen molar-refractivity contribution in [2.24, 2.45) is 0 Å². The van der Waals surface area contributed by atoms with Crippen LogP contribution in [0.5, 0.6) is 0 Å². The van der Waals surface area contributed by atoms with Crippen LogP contribution in [-0.2, 0) is 11.3 Å². The standard InChI is InChI=1S/C18H27N5O2/c1-6-23-12(4)9-14(13(23)5)18(24)22-7-8-25-15(10-22)17-19-16(11(2)3)20-21-17/h9,11,15H,6-8,10H2,1-5H3,(H,19,20,21)/t15-/m1/s1. The Bertz CT molecular complexity index is 762. The van der Waals surface area contributed by atoms with Crippen molar-refractivity contribution < 1.29 is 9.53 Å². The van der Waals surface area contributed by atoms with Gasteiger partial charge in [-0.2, -0.15) is 5.10 Å². The summed E-state index contributed by atoms with van der Waals surface area (Å²) in [6.07, 6.45) is -0.257. The van der Waals surface area contributed by atoms with E-state index in [1.54, 1.807) is 0 Å². The van der Waals surface area contributed by atoms with Gasteiger partial charge in [0.1, 0.15) is 6.10 Å². The SMILES string of the molecule is CCn1c(C)cc(C(=O)N2CCO[C@@H](c3nc(C(C)C)n[nH]3)C2)c1C. The fraction of sp³-hybridized carbons (Fsp3) is 0.611. The van der Waals surface area contributed by atoms with Gasteiger partial charge in [-0.05, 0) is 26.8 Å². The number of carbonyl (C=O) groups excluding carboxylic acids is 1. The first-order valence-electron chi connectivity index (χ1n) is 8.92. The average molecular weight is 345 g/mol. The first-order valence-corrected chi connectivity index (χ1v) is 8.92. The van der Waals surface area contributed by atoms with E-state index in [-0.39, 0.29) is 17.9 Å². The molecule has 1 N–H and O–H groups in total. The third-order valence-corrected chi connectivity index (χ3v) is 4.82. The molecular weight excluding hydrogens is 318 g/mol. The molecule has 7 heteroatoms. The molecule has 1 fully saturated rings. The smallest absolute Gasteiger partial charge is 0.255 e. The van der Waals surface area contributed by atoms with E-state index < -0.39 is 0 Å². The van der Waals surface area contributed by atoms with E-state index in [1.165, 1.54) is 0 Å². The molecule has 136 valence electrons. The van der Waals surface area contributed by atoms with Crippen LogP contribution in [0.1, 0.15) is 66.2 Å². The maximum atomic E-state index is 13.0. The third kappa shape index (κ3) is 3.33. The van der Waals surface area contributed by atoms with E-state index in [2.05, 4.69) is 26.7 Å². The Balaban J connectivity index is 1.77. The van der Waals surface area contributed by atoms with E-state index in [1.807, 2.05) is 38.7 Å². The van der Waals surface area contributed by atoms with Gasteiger partial charge >= 0.3 is 0 Å². The van der Waals surface area contributed by atoms with Crippen LogP contribution in [0.2, 0.25) is 0 Å². The lowest BCUT2D eigenvalue weighted by Gasteiger charge is -2.32. The second-order valence-electron chi connectivity index (χ2n) is 6.87. The van der Waals surface area contributed by atoms with E-state index in [0.29, 0.717) is 25.5 Å². The fourth-order valence-electron chi connectivity index (χ4n) is 3.36. The number of hydrogen-bond donors (Lipinski definition) is 1. The summed E-state index contributed by atoms with van der Waals surface area (Å²) in [5.41, 5.74) is 2.92. The Kier molecular flexibility index (Phi) is 4.94. The summed E-state index contributed by atoms with van der Waals surface area (Å²) >= 11 is 0. The fourth-order valence-corrected chi connectivity index (χ4v) is 3.36. The highest BCUT2D eigenvalue weighted by molar-refractivity contribution is 5.95. The maximum absolute atomic E-state index is 13.0. The van der Waals surface area contributed by atoms with Crippen molar-refractivity contribution in [3.05, 3.63) is 34.7 Å². The van der Waals surface area contributed by atoms with Gasteiger partial charge in [0.05, 0.1) is 18.7 Å². The van der Waals surface area contributed by atoms with Crippen LogP contribution in [0, 0.1) is 13.8 Å². The summed E-state index contributed by atoms with van der Waals surface area (Å²) in [6, 6.07) is 1.98. The van der Waals surface area contributed by atoms with Gasteiger partial charge in [-0.25, -0.2) is 4.98 Å². The monoisotopic (exact) mass is 345 g/mol. The minimum Gasteiger partial charge on any atom is -0.367 e. The first kappa shape index (κ1) is 17.7.